The molecule has 0 aliphatic rings. The van der Waals surface area contributed by atoms with Crippen LogP contribution in [0.4, 0.5) is 15.8 Å². The summed E-state index contributed by atoms with van der Waals surface area (Å²) in [5, 5.41) is 15.4. The quantitative estimate of drug-likeness (QED) is 0.591. The minimum atomic E-state index is -0.769. The van der Waals surface area contributed by atoms with Gasteiger partial charge in [-0.25, -0.2) is 4.39 Å². The van der Waals surface area contributed by atoms with E-state index in [1.54, 1.807) is 7.05 Å². The predicted molar refractivity (Wildman–Crippen MR) is 55.6 cm³/mol. The van der Waals surface area contributed by atoms with Crippen molar-refractivity contribution < 1.29 is 14.1 Å². The molecule has 0 fully saturated rings. The molecule has 0 radical (unpaired) electrons. The number of amides is 1. The van der Waals surface area contributed by atoms with Gasteiger partial charge in [0.25, 0.3) is 5.69 Å². The van der Waals surface area contributed by atoms with Crippen molar-refractivity contribution in [3.8, 4) is 0 Å². The molecular formula is C9H10FN3O3. The van der Waals surface area contributed by atoms with Gasteiger partial charge >= 0.3 is 0 Å². The van der Waals surface area contributed by atoms with Gasteiger partial charge in [-0.1, -0.05) is 0 Å². The molecule has 0 aliphatic carbocycles. The number of benzene rings is 1. The van der Waals surface area contributed by atoms with Gasteiger partial charge in [-0.15, -0.1) is 0 Å². The van der Waals surface area contributed by atoms with E-state index in [2.05, 4.69) is 10.6 Å². The maximum Gasteiger partial charge on any atom is 0.274 e. The van der Waals surface area contributed by atoms with E-state index in [9.17, 15) is 19.3 Å². The Morgan fingerprint density at radius 2 is 2.19 bits per heavy atom. The van der Waals surface area contributed by atoms with Crippen molar-refractivity contribution in [2.45, 2.75) is 0 Å². The largest absolute Gasteiger partial charge is 0.325 e. The molecule has 0 heterocycles. The van der Waals surface area contributed by atoms with Crippen molar-refractivity contribution in [3.05, 3.63) is 34.1 Å². The molecule has 0 atom stereocenters. The van der Waals surface area contributed by atoms with Gasteiger partial charge < -0.3 is 10.6 Å². The molecule has 2 N–H and O–H groups in total. The zero-order valence-electron chi connectivity index (χ0n) is 8.49. The standard InChI is InChI=1S/C9H10FN3O3/c1-11-5-9(14)12-7-2-6(10)3-8(4-7)13(15)16/h2-4,11H,5H2,1H3,(H,12,14). The van der Waals surface area contributed by atoms with Crippen LogP contribution in [0.25, 0.3) is 0 Å². The maximum absolute atomic E-state index is 13.0. The summed E-state index contributed by atoms with van der Waals surface area (Å²) in [6.45, 7) is 0.0459. The Kier molecular flexibility index (Phi) is 3.90. The second-order valence-corrected chi connectivity index (χ2v) is 3.03. The molecule has 1 amide bonds. The number of hydrogen-bond acceptors (Lipinski definition) is 4. The molecular weight excluding hydrogens is 217 g/mol. The number of carbonyl (C=O) groups is 1. The summed E-state index contributed by atoms with van der Waals surface area (Å²) < 4.78 is 13.0. The van der Waals surface area contributed by atoms with E-state index in [0.717, 1.165) is 18.2 Å². The van der Waals surface area contributed by atoms with Crippen LogP contribution in [0.15, 0.2) is 18.2 Å². The van der Waals surface area contributed by atoms with E-state index in [1.807, 2.05) is 0 Å². The summed E-state index contributed by atoms with van der Waals surface area (Å²) in [7, 11) is 1.58. The fourth-order valence-corrected chi connectivity index (χ4v) is 1.12. The number of anilines is 1. The number of carbonyl (C=O) groups excluding carboxylic acids is 1. The summed E-state index contributed by atoms with van der Waals surface area (Å²) in [4.78, 5) is 20.8. The average molecular weight is 227 g/mol. The number of hydrogen-bond donors (Lipinski definition) is 2. The van der Waals surface area contributed by atoms with Gasteiger partial charge in [0.15, 0.2) is 0 Å². The van der Waals surface area contributed by atoms with Crippen LogP contribution in [0.3, 0.4) is 0 Å². The van der Waals surface area contributed by atoms with Crippen LogP contribution in [0.5, 0.6) is 0 Å². The Labute approximate surface area is 90.6 Å². The van der Waals surface area contributed by atoms with Crippen LogP contribution in [0.1, 0.15) is 0 Å². The van der Waals surface area contributed by atoms with E-state index in [4.69, 9.17) is 0 Å². The second-order valence-electron chi connectivity index (χ2n) is 3.03. The van der Waals surface area contributed by atoms with Gasteiger partial charge in [0.05, 0.1) is 23.2 Å². The topological polar surface area (TPSA) is 84.3 Å². The zero-order valence-corrected chi connectivity index (χ0v) is 8.49. The minimum Gasteiger partial charge on any atom is -0.325 e. The summed E-state index contributed by atoms with van der Waals surface area (Å²) in [6, 6.07) is 2.89. The Bertz CT molecular complexity index is 422. The van der Waals surface area contributed by atoms with Crippen molar-refractivity contribution in [3.63, 3.8) is 0 Å². The Morgan fingerprint density at radius 3 is 2.75 bits per heavy atom. The maximum atomic E-state index is 13.0. The first-order valence-corrected chi connectivity index (χ1v) is 4.42. The van der Waals surface area contributed by atoms with E-state index >= 15 is 0 Å². The molecule has 86 valence electrons. The number of rotatable bonds is 4. The predicted octanol–water partition coefficient (Wildman–Crippen LogP) is 0.892. The summed E-state index contributed by atoms with van der Waals surface area (Å²) in [5.74, 6) is -1.17. The van der Waals surface area contributed by atoms with Crippen molar-refractivity contribution in [2.75, 3.05) is 18.9 Å². The number of non-ortho nitro benzene ring substituents is 1. The molecule has 1 aromatic rings. The first-order chi connectivity index (χ1) is 7.52. The van der Waals surface area contributed by atoms with Gasteiger partial charge in [-0.2, -0.15) is 0 Å². The van der Waals surface area contributed by atoms with Crippen LogP contribution in [-0.2, 0) is 4.79 Å². The highest BCUT2D eigenvalue weighted by Crippen LogP contribution is 2.19. The third kappa shape index (κ3) is 3.28. The molecule has 0 spiro atoms. The summed E-state index contributed by atoms with van der Waals surface area (Å²) in [5.41, 5.74) is -0.341. The third-order valence-corrected chi connectivity index (χ3v) is 1.71. The van der Waals surface area contributed by atoms with Gasteiger partial charge in [0, 0.05) is 6.07 Å². The molecule has 1 aromatic carbocycles. The minimum absolute atomic E-state index is 0.0459. The van der Waals surface area contributed by atoms with E-state index in [0.29, 0.717) is 0 Å². The number of likely N-dealkylation sites (N-methyl/N-ethyl adjacent to an activating group) is 1. The molecule has 1 rings (SSSR count). The molecule has 16 heavy (non-hydrogen) atoms. The van der Waals surface area contributed by atoms with E-state index < -0.39 is 22.3 Å². The monoisotopic (exact) mass is 227 g/mol. The molecule has 0 unspecified atom stereocenters. The molecule has 0 saturated carbocycles. The second kappa shape index (κ2) is 5.17. The molecule has 0 aliphatic heterocycles. The first kappa shape index (κ1) is 12.1. The molecule has 0 bridgehead atoms. The lowest BCUT2D eigenvalue weighted by atomic mass is 10.2. The van der Waals surface area contributed by atoms with Crippen molar-refractivity contribution in [1.82, 2.24) is 5.32 Å². The van der Waals surface area contributed by atoms with Gasteiger partial charge in [-0.05, 0) is 13.1 Å². The van der Waals surface area contributed by atoms with E-state index in [-0.39, 0.29) is 12.2 Å². The number of nitrogens with one attached hydrogen (secondary N) is 2. The summed E-state index contributed by atoms with van der Waals surface area (Å²) in [6.07, 6.45) is 0. The van der Waals surface area contributed by atoms with Crippen LogP contribution in [-0.4, -0.2) is 24.4 Å². The van der Waals surface area contributed by atoms with Crippen LogP contribution < -0.4 is 10.6 Å². The Balaban J connectivity index is 2.88. The molecule has 7 heteroatoms. The van der Waals surface area contributed by atoms with E-state index in [1.165, 1.54) is 0 Å². The molecule has 0 saturated heterocycles. The number of nitro benzene ring substituents is 1. The third-order valence-electron chi connectivity index (χ3n) is 1.71. The fraction of sp³-hybridized carbons (Fsp3) is 0.222. The molecule has 6 nitrogen and oxygen atoms in total. The van der Waals surface area contributed by atoms with Gasteiger partial charge in [0.1, 0.15) is 5.82 Å². The smallest absolute Gasteiger partial charge is 0.274 e. The SMILES string of the molecule is CNCC(=O)Nc1cc(F)cc([N+](=O)[O-])c1. The lowest BCUT2D eigenvalue weighted by Crippen LogP contribution is -2.25. The van der Waals surface area contributed by atoms with Gasteiger partial charge in [0.2, 0.25) is 5.91 Å². The lowest BCUT2D eigenvalue weighted by Gasteiger charge is -2.04. The fourth-order valence-electron chi connectivity index (χ4n) is 1.12. The highest BCUT2D eigenvalue weighted by atomic mass is 19.1. The lowest BCUT2D eigenvalue weighted by molar-refractivity contribution is -0.385. The van der Waals surface area contributed by atoms with Crippen LogP contribution in [0, 0.1) is 15.9 Å². The Hall–Kier alpha value is -2.02. The van der Waals surface area contributed by atoms with Crippen LogP contribution >= 0.6 is 0 Å². The normalized spacial score (nSPS) is 9.88. The van der Waals surface area contributed by atoms with Crippen molar-refractivity contribution in [1.29, 1.82) is 0 Å². The number of halogens is 1. The number of nitrogens with zero attached hydrogens (tertiary/aromatic N) is 1. The van der Waals surface area contributed by atoms with Crippen molar-refractivity contribution in [2.24, 2.45) is 0 Å². The molecule has 0 aromatic heterocycles. The summed E-state index contributed by atoms with van der Waals surface area (Å²) >= 11 is 0. The Morgan fingerprint density at radius 1 is 1.50 bits per heavy atom. The highest BCUT2D eigenvalue weighted by Gasteiger charge is 2.11. The van der Waals surface area contributed by atoms with Crippen molar-refractivity contribution >= 4 is 17.3 Å². The number of nitro groups is 1. The average Bonchev–Trinajstić information content (AvgIpc) is 2.16. The highest BCUT2D eigenvalue weighted by molar-refractivity contribution is 5.92. The van der Waals surface area contributed by atoms with Gasteiger partial charge in [-0.3, -0.25) is 14.9 Å². The zero-order chi connectivity index (χ0) is 12.1. The first-order valence-electron chi connectivity index (χ1n) is 4.42. The van der Waals surface area contributed by atoms with Crippen LogP contribution in [0.2, 0.25) is 0 Å².